The fourth-order valence-corrected chi connectivity index (χ4v) is 2.03. The Morgan fingerprint density at radius 1 is 1.42 bits per heavy atom. The number of nitrogen functional groups attached to an aromatic ring is 1. The van der Waals surface area contributed by atoms with Crippen molar-refractivity contribution < 1.29 is 4.79 Å². The van der Waals surface area contributed by atoms with Gasteiger partial charge < -0.3 is 16.0 Å². The Hall–Kier alpha value is -1.55. The number of amides is 1. The van der Waals surface area contributed by atoms with Crippen LogP contribution in [0.15, 0.2) is 24.3 Å². The number of benzene rings is 1. The van der Waals surface area contributed by atoms with Gasteiger partial charge in [0.2, 0.25) is 5.91 Å². The molecule has 0 spiro atoms. The zero-order valence-corrected chi connectivity index (χ0v) is 12.1. The highest BCUT2D eigenvalue weighted by Crippen LogP contribution is 2.12. The Labute approximate surface area is 116 Å². The number of hydrogen-bond donors (Lipinski definition) is 2. The molecule has 1 unspecified atom stereocenters. The number of anilines is 2. The fraction of sp³-hybridized carbons (Fsp3) is 0.533. The van der Waals surface area contributed by atoms with E-state index in [1.807, 2.05) is 12.1 Å². The molecule has 1 aromatic rings. The molecule has 0 heterocycles. The van der Waals surface area contributed by atoms with Crippen molar-refractivity contribution >= 4 is 17.3 Å². The maximum absolute atomic E-state index is 11.9. The third-order valence-corrected chi connectivity index (χ3v) is 3.42. The number of nitrogens with zero attached hydrogens (tertiary/aromatic N) is 1. The summed E-state index contributed by atoms with van der Waals surface area (Å²) in [5.41, 5.74) is 7.10. The summed E-state index contributed by atoms with van der Waals surface area (Å²) < 4.78 is 0. The van der Waals surface area contributed by atoms with Gasteiger partial charge in [0.1, 0.15) is 0 Å². The van der Waals surface area contributed by atoms with Crippen molar-refractivity contribution in [3.63, 3.8) is 0 Å². The van der Waals surface area contributed by atoms with Gasteiger partial charge in [-0.3, -0.25) is 4.79 Å². The Kier molecular flexibility index (Phi) is 6.36. The predicted octanol–water partition coefficient (Wildman–Crippen LogP) is 2.72. The average Bonchev–Trinajstić information content (AvgIpc) is 2.39. The standard InChI is InChI=1S/C15H25N3O/c1-4-12(3)18(5-2)10-9-15(19)17-14-8-6-7-13(16)11-14/h6-8,11-12H,4-5,9-10,16H2,1-3H3,(H,17,19). The number of carbonyl (C=O) groups is 1. The SMILES string of the molecule is CCC(C)N(CC)CCC(=O)Nc1cccc(N)c1. The Morgan fingerprint density at radius 3 is 2.74 bits per heavy atom. The maximum atomic E-state index is 11.9. The van der Waals surface area contributed by atoms with Crippen molar-refractivity contribution in [1.82, 2.24) is 4.90 Å². The van der Waals surface area contributed by atoms with E-state index in [1.165, 1.54) is 0 Å². The first-order chi connectivity index (χ1) is 9.06. The third-order valence-electron chi connectivity index (χ3n) is 3.42. The lowest BCUT2D eigenvalue weighted by Crippen LogP contribution is -2.35. The summed E-state index contributed by atoms with van der Waals surface area (Å²) in [6.07, 6.45) is 1.61. The summed E-state index contributed by atoms with van der Waals surface area (Å²) in [5.74, 6) is 0.0346. The average molecular weight is 263 g/mol. The summed E-state index contributed by atoms with van der Waals surface area (Å²) in [4.78, 5) is 14.2. The molecule has 1 aromatic carbocycles. The van der Waals surface area contributed by atoms with Gasteiger partial charge in [0.15, 0.2) is 0 Å². The molecule has 4 heteroatoms. The molecule has 1 rings (SSSR count). The van der Waals surface area contributed by atoms with E-state index >= 15 is 0 Å². The van der Waals surface area contributed by atoms with E-state index in [9.17, 15) is 4.79 Å². The molecule has 0 bridgehead atoms. The summed E-state index contributed by atoms with van der Waals surface area (Å²) in [5, 5.41) is 2.87. The van der Waals surface area contributed by atoms with Crippen molar-refractivity contribution in [2.75, 3.05) is 24.1 Å². The second kappa shape index (κ2) is 7.79. The van der Waals surface area contributed by atoms with E-state index in [0.717, 1.165) is 25.2 Å². The molecule has 0 aliphatic heterocycles. The van der Waals surface area contributed by atoms with Crippen molar-refractivity contribution in [2.24, 2.45) is 0 Å². The van der Waals surface area contributed by atoms with Crippen LogP contribution in [-0.4, -0.2) is 29.9 Å². The normalized spacial score (nSPS) is 12.4. The molecule has 0 aromatic heterocycles. The van der Waals surface area contributed by atoms with E-state index in [-0.39, 0.29) is 5.91 Å². The van der Waals surface area contributed by atoms with Gasteiger partial charge in [0.25, 0.3) is 0 Å². The lowest BCUT2D eigenvalue weighted by molar-refractivity contribution is -0.116. The zero-order chi connectivity index (χ0) is 14.3. The monoisotopic (exact) mass is 263 g/mol. The smallest absolute Gasteiger partial charge is 0.225 e. The van der Waals surface area contributed by atoms with Crippen LogP contribution < -0.4 is 11.1 Å². The molecule has 1 atom stereocenters. The molecule has 0 fully saturated rings. The van der Waals surface area contributed by atoms with Gasteiger partial charge in [-0.15, -0.1) is 0 Å². The van der Waals surface area contributed by atoms with Gasteiger partial charge in [0.05, 0.1) is 0 Å². The molecule has 4 nitrogen and oxygen atoms in total. The highest BCUT2D eigenvalue weighted by molar-refractivity contribution is 5.91. The van der Waals surface area contributed by atoms with Crippen LogP contribution in [-0.2, 0) is 4.79 Å². The van der Waals surface area contributed by atoms with Crippen LogP contribution in [0.4, 0.5) is 11.4 Å². The van der Waals surface area contributed by atoms with Gasteiger partial charge in [0, 0.05) is 30.4 Å². The molecule has 3 N–H and O–H groups in total. The molecular formula is C15H25N3O. The number of nitrogens with one attached hydrogen (secondary N) is 1. The van der Waals surface area contributed by atoms with E-state index in [1.54, 1.807) is 12.1 Å². The summed E-state index contributed by atoms with van der Waals surface area (Å²) in [6.45, 7) is 8.25. The van der Waals surface area contributed by atoms with Crippen LogP contribution >= 0.6 is 0 Å². The van der Waals surface area contributed by atoms with Gasteiger partial charge in [-0.1, -0.05) is 19.9 Å². The maximum Gasteiger partial charge on any atom is 0.225 e. The highest BCUT2D eigenvalue weighted by atomic mass is 16.1. The minimum atomic E-state index is 0.0346. The van der Waals surface area contributed by atoms with Crippen LogP contribution in [0.25, 0.3) is 0 Å². The van der Waals surface area contributed by atoms with Crippen LogP contribution in [0.2, 0.25) is 0 Å². The molecule has 0 saturated carbocycles. The first-order valence-corrected chi connectivity index (χ1v) is 6.96. The van der Waals surface area contributed by atoms with E-state index in [0.29, 0.717) is 18.2 Å². The van der Waals surface area contributed by atoms with Crippen molar-refractivity contribution in [3.05, 3.63) is 24.3 Å². The van der Waals surface area contributed by atoms with Gasteiger partial charge >= 0.3 is 0 Å². The minimum absolute atomic E-state index is 0.0346. The van der Waals surface area contributed by atoms with Crippen LogP contribution in [0.3, 0.4) is 0 Å². The van der Waals surface area contributed by atoms with Crippen molar-refractivity contribution in [3.8, 4) is 0 Å². The number of rotatable bonds is 7. The van der Waals surface area contributed by atoms with E-state index in [4.69, 9.17) is 5.73 Å². The predicted molar refractivity (Wildman–Crippen MR) is 81.1 cm³/mol. The summed E-state index contributed by atoms with van der Waals surface area (Å²) >= 11 is 0. The van der Waals surface area contributed by atoms with Crippen LogP contribution in [0.5, 0.6) is 0 Å². The molecule has 19 heavy (non-hydrogen) atoms. The minimum Gasteiger partial charge on any atom is -0.399 e. The van der Waals surface area contributed by atoms with E-state index in [2.05, 4.69) is 31.0 Å². The van der Waals surface area contributed by atoms with Gasteiger partial charge in [-0.2, -0.15) is 0 Å². The molecule has 106 valence electrons. The largest absolute Gasteiger partial charge is 0.399 e. The second-order valence-electron chi connectivity index (χ2n) is 4.81. The van der Waals surface area contributed by atoms with Gasteiger partial charge in [-0.25, -0.2) is 0 Å². The Morgan fingerprint density at radius 2 is 2.16 bits per heavy atom. The van der Waals surface area contributed by atoms with Crippen LogP contribution in [0.1, 0.15) is 33.6 Å². The summed E-state index contributed by atoms with van der Waals surface area (Å²) in [7, 11) is 0. The summed E-state index contributed by atoms with van der Waals surface area (Å²) in [6, 6.07) is 7.77. The van der Waals surface area contributed by atoms with E-state index < -0.39 is 0 Å². The zero-order valence-electron chi connectivity index (χ0n) is 12.1. The number of hydrogen-bond acceptors (Lipinski definition) is 3. The highest BCUT2D eigenvalue weighted by Gasteiger charge is 2.11. The lowest BCUT2D eigenvalue weighted by atomic mass is 10.2. The second-order valence-corrected chi connectivity index (χ2v) is 4.81. The lowest BCUT2D eigenvalue weighted by Gasteiger charge is -2.26. The Balaban J connectivity index is 2.43. The molecule has 0 aliphatic carbocycles. The topological polar surface area (TPSA) is 58.4 Å². The van der Waals surface area contributed by atoms with Crippen molar-refractivity contribution in [2.45, 2.75) is 39.7 Å². The third kappa shape index (κ3) is 5.30. The quantitative estimate of drug-likeness (QED) is 0.744. The molecule has 0 radical (unpaired) electrons. The molecule has 0 aliphatic rings. The number of carbonyl (C=O) groups excluding carboxylic acids is 1. The number of nitrogens with two attached hydrogens (primary N) is 1. The molecule has 0 saturated heterocycles. The molecular weight excluding hydrogens is 238 g/mol. The van der Waals surface area contributed by atoms with Crippen molar-refractivity contribution in [1.29, 1.82) is 0 Å². The molecule has 1 amide bonds. The van der Waals surface area contributed by atoms with Gasteiger partial charge in [-0.05, 0) is 38.1 Å². The first-order valence-electron chi connectivity index (χ1n) is 6.96. The fourth-order valence-electron chi connectivity index (χ4n) is 2.03. The first kappa shape index (κ1) is 15.5. The Bertz CT molecular complexity index is 406. The van der Waals surface area contributed by atoms with Crippen LogP contribution in [0, 0.1) is 0 Å².